The van der Waals surface area contributed by atoms with Crippen molar-refractivity contribution in [3.63, 3.8) is 0 Å². The molecule has 0 aromatic heterocycles. The summed E-state index contributed by atoms with van der Waals surface area (Å²) in [5.74, 6) is 1.39. The van der Waals surface area contributed by atoms with Crippen molar-refractivity contribution in [2.45, 2.75) is 39.2 Å². The molecule has 4 heteroatoms. The number of carbonyl (C=O) groups is 1. The number of carbonyl (C=O) groups excluding carboxylic acids is 1. The second-order valence-corrected chi connectivity index (χ2v) is 5.06. The molecular weight excluding hydrogens is 226 g/mol. The van der Waals surface area contributed by atoms with Crippen LogP contribution in [-0.2, 0) is 9.53 Å². The van der Waals surface area contributed by atoms with Gasteiger partial charge in [-0.25, -0.2) is 0 Å². The molecule has 1 saturated heterocycles. The molecule has 0 radical (unpaired) electrons. The summed E-state index contributed by atoms with van der Waals surface area (Å²) < 4.78 is 5.33. The number of amides is 1. The lowest BCUT2D eigenvalue weighted by Gasteiger charge is -2.32. The number of alkyl halides is 1. The van der Waals surface area contributed by atoms with Gasteiger partial charge < -0.3 is 9.64 Å². The first-order valence-electron chi connectivity index (χ1n) is 6.08. The highest BCUT2D eigenvalue weighted by Gasteiger charge is 2.23. The molecule has 1 rings (SSSR count). The predicted octanol–water partition coefficient (Wildman–Crippen LogP) is 2.28. The lowest BCUT2D eigenvalue weighted by molar-refractivity contribution is -0.139. The minimum atomic E-state index is 0.118. The second-order valence-electron chi connectivity index (χ2n) is 4.69. The smallest absolute Gasteiger partial charge is 0.248 e. The summed E-state index contributed by atoms with van der Waals surface area (Å²) in [5, 5.41) is 0. The zero-order valence-electron chi connectivity index (χ0n) is 10.2. The Balaban J connectivity index is 2.32. The van der Waals surface area contributed by atoms with E-state index in [1.54, 1.807) is 0 Å². The van der Waals surface area contributed by atoms with Crippen LogP contribution in [0, 0.1) is 5.92 Å². The van der Waals surface area contributed by atoms with E-state index in [1.807, 2.05) is 18.7 Å². The molecule has 1 atom stereocenters. The summed E-state index contributed by atoms with van der Waals surface area (Å²) in [7, 11) is 0. The van der Waals surface area contributed by atoms with Crippen molar-refractivity contribution in [2.24, 2.45) is 5.92 Å². The summed E-state index contributed by atoms with van der Waals surface area (Å²) in [6, 6.07) is 0. The lowest BCUT2D eigenvalue weighted by atomic mass is 9.95. The van der Waals surface area contributed by atoms with Gasteiger partial charge in [0.15, 0.2) is 0 Å². The standard InChI is InChI=1S/C12H22ClNO2/c1-10(2)16-9-12(15)14-7-3-4-11(8-14)5-6-13/h10-11H,3-9H2,1-2H3. The van der Waals surface area contributed by atoms with Gasteiger partial charge in [0.1, 0.15) is 6.61 Å². The van der Waals surface area contributed by atoms with Gasteiger partial charge in [0, 0.05) is 19.0 Å². The topological polar surface area (TPSA) is 29.5 Å². The Bertz CT molecular complexity index is 219. The van der Waals surface area contributed by atoms with Crippen LogP contribution in [0.25, 0.3) is 0 Å². The van der Waals surface area contributed by atoms with Crippen LogP contribution in [0.3, 0.4) is 0 Å². The molecule has 16 heavy (non-hydrogen) atoms. The molecule has 94 valence electrons. The van der Waals surface area contributed by atoms with Gasteiger partial charge in [-0.05, 0) is 39.0 Å². The van der Waals surface area contributed by atoms with Crippen LogP contribution in [0.1, 0.15) is 33.1 Å². The number of hydrogen-bond acceptors (Lipinski definition) is 2. The first-order valence-corrected chi connectivity index (χ1v) is 6.62. The van der Waals surface area contributed by atoms with Crippen molar-refractivity contribution < 1.29 is 9.53 Å². The second kappa shape index (κ2) is 7.13. The molecular formula is C12H22ClNO2. The number of nitrogens with zero attached hydrogens (tertiary/aromatic N) is 1. The molecule has 1 fully saturated rings. The van der Waals surface area contributed by atoms with Gasteiger partial charge in [0.05, 0.1) is 6.10 Å². The van der Waals surface area contributed by atoms with Crippen molar-refractivity contribution in [3.8, 4) is 0 Å². The molecule has 3 nitrogen and oxygen atoms in total. The van der Waals surface area contributed by atoms with Crippen molar-refractivity contribution in [2.75, 3.05) is 25.6 Å². The first-order chi connectivity index (χ1) is 7.63. The molecule has 0 aromatic rings. The van der Waals surface area contributed by atoms with E-state index in [2.05, 4.69) is 0 Å². The van der Waals surface area contributed by atoms with Crippen LogP contribution in [0.4, 0.5) is 0 Å². The van der Waals surface area contributed by atoms with E-state index in [-0.39, 0.29) is 18.6 Å². The van der Waals surface area contributed by atoms with E-state index < -0.39 is 0 Å². The summed E-state index contributed by atoms with van der Waals surface area (Å²) in [6.07, 6.45) is 3.42. The van der Waals surface area contributed by atoms with E-state index >= 15 is 0 Å². The third-order valence-electron chi connectivity index (χ3n) is 2.93. The summed E-state index contributed by atoms with van der Waals surface area (Å²) in [4.78, 5) is 13.7. The normalized spacial score (nSPS) is 21.5. The van der Waals surface area contributed by atoms with Gasteiger partial charge >= 0.3 is 0 Å². The van der Waals surface area contributed by atoms with Crippen LogP contribution in [0.15, 0.2) is 0 Å². The van der Waals surface area contributed by atoms with E-state index in [4.69, 9.17) is 16.3 Å². The minimum absolute atomic E-state index is 0.118. The molecule has 1 aliphatic rings. The van der Waals surface area contributed by atoms with Crippen molar-refractivity contribution in [1.82, 2.24) is 4.90 Å². The zero-order valence-corrected chi connectivity index (χ0v) is 11.0. The van der Waals surface area contributed by atoms with Crippen LogP contribution in [-0.4, -0.2) is 42.5 Å². The number of halogens is 1. The van der Waals surface area contributed by atoms with Gasteiger partial charge in [-0.2, -0.15) is 0 Å². The van der Waals surface area contributed by atoms with Crippen LogP contribution < -0.4 is 0 Å². The summed E-state index contributed by atoms with van der Waals surface area (Å²) in [6.45, 7) is 5.83. The molecule has 1 unspecified atom stereocenters. The van der Waals surface area contributed by atoms with Crippen LogP contribution >= 0.6 is 11.6 Å². The lowest BCUT2D eigenvalue weighted by Crippen LogP contribution is -2.42. The maximum atomic E-state index is 11.8. The third kappa shape index (κ3) is 4.71. The van der Waals surface area contributed by atoms with Crippen molar-refractivity contribution >= 4 is 17.5 Å². The monoisotopic (exact) mass is 247 g/mol. The molecule has 1 amide bonds. The largest absolute Gasteiger partial charge is 0.369 e. The highest BCUT2D eigenvalue weighted by molar-refractivity contribution is 6.17. The quantitative estimate of drug-likeness (QED) is 0.698. The molecule has 1 aliphatic heterocycles. The molecule has 0 saturated carbocycles. The van der Waals surface area contributed by atoms with Gasteiger partial charge in [0.25, 0.3) is 0 Å². The molecule has 0 N–H and O–H groups in total. The van der Waals surface area contributed by atoms with Crippen molar-refractivity contribution in [1.29, 1.82) is 0 Å². The maximum Gasteiger partial charge on any atom is 0.248 e. The molecule has 0 aliphatic carbocycles. The Morgan fingerprint density at radius 2 is 2.31 bits per heavy atom. The molecule has 0 aromatic carbocycles. The number of rotatable bonds is 5. The fourth-order valence-corrected chi connectivity index (χ4v) is 2.32. The molecule has 0 spiro atoms. The van der Waals surface area contributed by atoms with E-state index in [1.165, 1.54) is 6.42 Å². The van der Waals surface area contributed by atoms with E-state index in [9.17, 15) is 4.79 Å². The van der Waals surface area contributed by atoms with Crippen molar-refractivity contribution in [3.05, 3.63) is 0 Å². The number of ether oxygens (including phenoxy) is 1. The SMILES string of the molecule is CC(C)OCC(=O)N1CCCC(CCCl)C1. The van der Waals surface area contributed by atoms with Gasteiger partial charge in [-0.3, -0.25) is 4.79 Å². The highest BCUT2D eigenvalue weighted by Crippen LogP contribution is 2.20. The molecule has 1 heterocycles. The predicted molar refractivity (Wildman–Crippen MR) is 65.7 cm³/mol. The Labute approximate surface area is 103 Å². The Morgan fingerprint density at radius 3 is 2.94 bits per heavy atom. The van der Waals surface area contributed by atoms with E-state index in [0.717, 1.165) is 25.9 Å². The van der Waals surface area contributed by atoms with Gasteiger partial charge in [-0.1, -0.05) is 0 Å². The Kier molecular flexibility index (Phi) is 6.14. The Hall–Kier alpha value is -0.280. The van der Waals surface area contributed by atoms with Crippen LogP contribution in [0.2, 0.25) is 0 Å². The number of likely N-dealkylation sites (tertiary alicyclic amines) is 1. The maximum absolute atomic E-state index is 11.8. The number of hydrogen-bond donors (Lipinski definition) is 0. The summed E-state index contributed by atoms with van der Waals surface area (Å²) >= 11 is 5.74. The fraction of sp³-hybridized carbons (Fsp3) is 0.917. The first kappa shape index (κ1) is 13.8. The third-order valence-corrected chi connectivity index (χ3v) is 3.15. The number of piperidine rings is 1. The summed E-state index contributed by atoms with van der Waals surface area (Å²) in [5.41, 5.74) is 0. The minimum Gasteiger partial charge on any atom is -0.369 e. The van der Waals surface area contributed by atoms with Gasteiger partial charge in [0.2, 0.25) is 5.91 Å². The highest BCUT2D eigenvalue weighted by atomic mass is 35.5. The van der Waals surface area contributed by atoms with E-state index in [0.29, 0.717) is 11.8 Å². The zero-order chi connectivity index (χ0) is 12.0. The fourth-order valence-electron chi connectivity index (χ4n) is 2.01. The Morgan fingerprint density at radius 1 is 1.56 bits per heavy atom. The average molecular weight is 248 g/mol. The van der Waals surface area contributed by atoms with Gasteiger partial charge in [-0.15, -0.1) is 11.6 Å². The van der Waals surface area contributed by atoms with Crippen LogP contribution in [0.5, 0.6) is 0 Å². The molecule has 0 bridgehead atoms. The average Bonchev–Trinajstić information content (AvgIpc) is 2.26.